The summed E-state index contributed by atoms with van der Waals surface area (Å²) in [5, 5.41) is 13.9. The molecule has 1 aromatic rings. The molecule has 0 radical (unpaired) electrons. The lowest BCUT2D eigenvalue weighted by molar-refractivity contribution is -0.445. The van der Waals surface area contributed by atoms with Crippen LogP contribution in [-0.4, -0.2) is 5.03 Å². The molecule has 1 N–H and O–H groups in total. The fourth-order valence-electron chi connectivity index (χ4n) is 1.35. The summed E-state index contributed by atoms with van der Waals surface area (Å²) in [6, 6.07) is 7.31. The highest BCUT2D eigenvalue weighted by molar-refractivity contribution is 8.22. The molecule has 0 aromatic heterocycles. The molecule has 0 spiro atoms. The van der Waals surface area contributed by atoms with Crippen LogP contribution in [0, 0.1) is 10.1 Å². The van der Waals surface area contributed by atoms with E-state index in [9.17, 15) is 10.1 Å². The van der Waals surface area contributed by atoms with Crippen molar-refractivity contribution in [2.45, 2.75) is 4.90 Å². The molecule has 1 aliphatic rings. The van der Waals surface area contributed by atoms with Crippen LogP contribution < -0.4 is 5.43 Å². The monoisotopic (exact) mass is 222 g/mol. The van der Waals surface area contributed by atoms with Crippen LogP contribution in [0.15, 0.2) is 52.1 Å². The van der Waals surface area contributed by atoms with E-state index in [-0.39, 0.29) is 0 Å². The van der Waals surface area contributed by atoms with Gasteiger partial charge in [-0.1, -0.05) is 18.2 Å². The smallest absolute Gasteiger partial charge is 0.162 e. The molecule has 1 aliphatic heterocycles. The average Bonchev–Trinajstić information content (AvgIpc) is 2.69. The summed E-state index contributed by atoms with van der Waals surface area (Å²) in [6.45, 7) is 0. The number of rotatable bonds is 3. The summed E-state index contributed by atoms with van der Waals surface area (Å²) >= 11 is 0. The molecule has 0 saturated heterocycles. The van der Waals surface area contributed by atoms with E-state index in [4.69, 9.17) is 0 Å². The van der Waals surface area contributed by atoms with Gasteiger partial charge in [-0.05, 0) is 33.9 Å². The highest BCUT2D eigenvalue weighted by Crippen LogP contribution is 2.42. The Morgan fingerprint density at radius 2 is 2.00 bits per heavy atom. The Kier molecular flexibility index (Phi) is 2.73. The predicted molar refractivity (Wildman–Crippen MR) is 62.6 cm³/mol. The molecule has 0 bridgehead atoms. The maximum atomic E-state index is 10.3. The van der Waals surface area contributed by atoms with Crippen LogP contribution in [0.25, 0.3) is 0 Å². The highest BCUT2D eigenvalue weighted by Gasteiger charge is 2.05. The highest BCUT2D eigenvalue weighted by atomic mass is 32.2. The van der Waals surface area contributed by atoms with Crippen LogP contribution in [0.4, 0.5) is 5.69 Å². The first-order chi connectivity index (χ1) is 7.25. The van der Waals surface area contributed by atoms with Gasteiger partial charge in [0.1, 0.15) is 5.69 Å². The van der Waals surface area contributed by atoms with Gasteiger partial charge in [0.05, 0.1) is 0 Å². The number of nitro groups is 1. The molecule has 0 saturated carbocycles. The van der Waals surface area contributed by atoms with Gasteiger partial charge in [0.2, 0.25) is 0 Å². The van der Waals surface area contributed by atoms with E-state index >= 15 is 0 Å². The van der Waals surface area contributed by atoms with Gasteiger partial charge in [-0.25, -0.2) is 10.1 Å². The minimum atomic E-state index is -0.549. The Balaban J connectivity index is 2.22. The van der Waals surface area contributed by atoms with E-state index in [0.717, 1.165) is 4.90 Å². The Morgan fingerprint density at radius 3 is 2.67 bits per heavy atom. The number of nitrogens with zero attached hydrogens (tertiary/aromatic N) is 1. The molecule has 0 amide bonds. The largest absolute Gasteiger partial charge is 0.235 e. The lowest BCUT2D eigenvalue weighted by Gasteiger charge is -2.10. The molecular weight excluding hydrogens is 212 g/mol. The molecule has 4 nitrogen and oxygen atoms in total. The Hall–Kier alpha value is -1.75. The third-order valence-corrected chi connectivity index (χ3v) is 3.83. The fraction of sp³-hybridized carbons (Fsp3) is 0. The van der Waals surface area contributed by atoms with Crippen LogP contribution in [0.1, 0.15) is 0 Å². The second-order valence-electron chi connectivity index (χ2n) is 3.01. The second kappa shape index (κ2) is 4.18. The molecule has 15 heavy (non-hydrogen) atoms. The van der Waals surface area contributed by atoms with Crippen molar-refractivity contribution in [2.75, 3.05) is 5.43 Å². The number of thiol groups is 1. The van der Waals surface area contributed by atoms with E-state index in [2.05, 4.69) is 16.2 Å². The molecule has 2 rings (SSSR count). The fourth-order valence-corrected chi connectivity index (χ4v) is 2.91. The van der Waals surface area contributed by atoms with Crippen molar-refractivity contribution in [3.8, 4) is 0 Å². The van der Waals surface area contributed by atoms with Crippen molar-refractivity contribution in [3.63, 3.8) is 0 Å². The summed E-state index contributed by atoms with van der Waals surface area (Å²) in [6.07, 6.45) is 4.00. The number of nitrogens with one attached hydrogen (secondary N) is 1. The maximum Gasteiger partial charge on any atom is 0.162 e. The van der Waals surface area contributed by atoms with Crippen LogP contribution in [0.5, 0.6) is 0 Å². The zero-order valence-corrected chi connectivity index (χ0v) is 8.72. The van der Waals surface area contributed by atoms with Gasteiger partial charge in [0, 0.05) is 0 Å². The predicted octanol–water partition coefficient (Wildman–Crippen LogP) is 2.69. The molecule has 0 fully saturated rings. The molecule has 0 unspecified atom stereocenters. The Labute approximate surface area is 89.8 Å². The van der Waals surface area contributed by atoms with Gasteiger partial charge >= 0.3 is 0 Å². The van der Waals surface area contributed by atoms with Crippen molar-refractivity contribution in [2.24, 2.45) is 0 Å². The normalized spacial score (nSPS) is 15.6. The third kappa shape index (κ3) is 2.38. The SMILES string of the molecule is O=[N+]([O-])Nc1cccc([SH]2C=CC=C2)c1. The molecular formula is C10H10N2O2S. The zero-order chi connectivity index (χ0) is 10.7. The minimum Gasteiger partial charge on any atom is -0.235 e. The van der Waals surface area contributed by atoms with Gasteiger partial charge in [-0.15, -0.1) is 5.43 Å². The van der Waals surface area contributed by atoms with Gasteiger partial charge in [-0.2, -0.15) is 10.9 Å². The Bertz CT molecular complexity index is 431. The summed E-state index contributed by atoms with van der Waals surface area (Å²) in [4.78, 5) is 11.4. The van der Waals surface area contributed by atoms with Crippen molar-refractivity contribution in [1.29, 1.82) is 0 Å². The first-order valence-corrected chi connectivity index (χ1v) is 5.88. The lowest BCUT2D eigenvalue weighted by Crippen LogP contribution is -2.07. The standard InChI is InChI=1S/C10H10N2O2S/c13-12(14)11-9-4-3-5-10(8-9)15-6-1-2-7-15/h1-8,11,15H. The Morgan fingerprint density at radius 1 is 1.27 bits per heavy atom. The quantitative estimate of drug-likeness (QED) is 0.469. The first kappa shape index (κ1) is 9.79. The lowest BCUT2D eigenvalue weighted by atomic mass is 10.3. The van der Waals surface area contributed by atoms with Gasteiger partial charge < -0.3 is 0 Å². The van der Waals surface area contributed by atoms with Crippen molar-refractivity contribution < 1.29 is 5.03 Å². The topological polar surface area (TPSA) is 55.2 Å². The number of hydrazine groups is 1. The average molecular weight is 222 g/mol. The van der Waals surface area contributed by atoms with Crippen LogP contribution in [0.2, 0.25) is 0 Å². The van der Waals surface area contributed by atoms with E-state index in [0.29, 0.717) is 5.69 Å². The number of anilines is 1. The van der Waals surface area contributed by atoms with Crippen LogP contribution in [0.3, 0.4) is 0 Å². The van der Waals surface area contributed by atoms with Crippen LogP contribution in [-0.2, 0) is 0 Å². The first-order valence-electron chi connectivity index (χ1n) is 4.40. The molecule has 1 aromatic carbocycles. The number of hydrogen-bond donors (Lipinski definition) is 2. The number of allylic oxidation sites excluding steroid dienone is 2. The number of hydrogen-bond acceptors (Lipinski definition) is 2. The third-order valence-electron chi connectivity index (χ3n) is 1.97. The minimum absolute atomic E-state index is 0.405. The molecule has 5 heteroatoms. The molecule has 0 aliphatic carbocycles. The van der Waals surface area contributed by atoms with Gasteiger partial charge in [0.25, 0.3) is 0 Å². The maximum absolute atomic E-state index is 10.3. The number of benzene rings is 1. The van der Waals surface area contributed by atoms with Gasteiger partial charge in [0.15, 0.2) is 5.03 Å². The van der Waals surface area contributed by atoms with Gasteiger partial charge in [-0.3, -0.25) is 0 Å². The van der Waals surface area contributed by atoms with Crippen LogP contribution >= 0.6 is 10.9 Å². The van der Waals surface area contributed by atoms with Crippen molar-refractivity contribution in [3.05, 3.63) is 57.3 Å². The van der Waals surface area contributed by atoms with E-state index in [1.54, 1.807) is 6.07 Å². The second-order valence-corrected chi connectivity index (χ2v) is 4.94. The van der Waals surface area contributed by atoms with Crippen molar-refractivity contribution >= 4 is 16.6 Å². The molecule has 0 atom stereocenters. The van der Waals surface area contributed by atoms with E-state index in [1.807, 2.05) is 30.4 Å². The zero-order valence-electron chi connectivity index (χ0n) is 7.83. The summed E-state index contributed by atoms with van der Waals surface area (Å²) < 4.78 is 0. The van der Waals surface area contributed by atoms with E-state index < -0.39 is 15.9 Å². The van der Waals surface area contributed by atoms with Crippen molar-refractivity contribution in [1.82, 2.24) is 0 Å². The summed E-state index contributed by atoms with van der Waals surface area (Å²) in [5.41, 5.74) is 2.67. The summed E-state index contributed by atoms with van der Waals surface area (Å²) in [7, 11) is -0.405. The molecule has 1 heterocycles. The van der Waals surface area contributed by atoms with E-state index in [1.165, 1.54) is 0 Å². The molecule has 78 valence electrons. The summed E-state index contributed by atoms with van der Waals surface area (Å²) in [5.74, 6) is 0.